The van der Waals surface area contributed by atoms with Crippen molar-refractivity contribution in [1.82, 2.24) is 9.78 Å². The quantitative estimate of drug-likeness (QED) is 0.878. The Morgan fingerprint density at radius 3 is 2.94 bits per heavy atom. The third kappa shape index (κ3) is 2.65. The Hall–Kier alpha value is -2.37. The van der Waals surface area contributed by atoms with Gasteiger partial charge < -0.3 is 9.84 Å². The molecule has 1 N–H and O–H groups in total. The van der Waals surface area contributed by atoms with Gasteiger partial charge in [-0.05, 0) is 18.2 Å². The van der Waals surface area contributed by atoms with Crippen molar-refractivity contribution in [2.45, 2.75) is 6.54 Å². The molecule has 1 heterocycles. The first-order valence-electron chi connectivity index (χ1n) is 5.30. The molecule has 18 heavy (non-hydrogen) atoms. The third-order valence-corrected chi connectivity index (χ3v) is 2.33. The minimum absolute atomic E-state index is 0.0228. The standard InChI is InChI=1S/C12H11FN2O3/c13-9-3-1-4-10(11(9)12(16)17)18-8-7-15-6-2-5-14-15/h1-6H,7-8H2,(H,16,17). The van der Waals surface area contributed by atoms with Crippen molar-refractivity contribution < 1.29 is 19.0 Å². The number of hydrogen-bond acceptors (Lipinski definition) is 3. The first-order chi connectivity index (χ1) is 8.68. The van der Waals surface area contributed by atoms with Crippen molar-refractivity contribution in [1.29, 1.82) is 0 Å². The summed E-state index contributed by atoms with van der Waals surface area (Å²) >= 11 is 0. The summed E-state index contributed by atoms with van der Waals surface area (Å²) in [5.41, 5.74) is -0.446. The summed E-state index contributed by atoms with van der Waals surface area (Å²) in [5, 5.41) is 12.9. The molecule has 2 rings (SSSR count). The molecule has 6 heteroatoms. The van der Waals surface area contributed by atoms with E-state index >= 15 is 0 Å². The Morgan fingerprint density at radius 2 is 2.28 bits per heavy atom. The molecule has 1 aromatic heterocycles. The number of hydrogen-bond donors (Lipinski definition) is 1. The number of aromatic nitrogens is 2. The van der Waals surface area contributed by atoms with Crippen LogP contribution >= 0.6 is 0 Å². The smallest absolute Gasteiger partial charge is 0.342 e. The van der Waals surface area contributed by atoms with Crippen LogP contribution in [0.25, 0.3) is 0 Å². The Labute approximate surface area is 102 Å². The number of carboxylic acid groups (broad SMARTS) is 1. The SMILES string of the molecule is O=C(O)c1c(F)cccc1OCCn1cccn1. The van der Waals surface area contributed by atoms with Gasteiger partial charge in [-0.1, -0.05) is 6.07 Å². The van der Waals surface area contributed by atoms with Crippen LogP contribution in [0, 0.1) is 5.82 Å². The van der Waals surface area contributed by atoms with Crippen LogP contribution < -0.4 is 4.74 Å². The molecule has 94 valence electrons. The maximum atomic E-state index is 13.3. The van der Waals surface area contributed by atoms with E-state index in [1.165, 1.54) is 12.1 Å². The molecule has 0 spiro atoms. The van der Waals surface area contributed by atoms with Crippen molar-refractivity contribution in [2.75, 3.05) is 6.61 Å². The normalized spacial score (nSPS) is 10.3. The number of rotatable bonds is 5. The summed E-state index contributed by atoms with van der Waals surface area (Å²) in [6.45, 7) is 0.675. The van der Waals surface area contributed by atoms with Gasteiger partial charge in [0, 0.05) is 12.4 Å². The van der Waals surface area contributed by atoms with Gasteiger partial charge in [0.05, 0.1) is 6.54 Å². The minimum atomic E-state index is -1.35. The maximum Gasteiger partial charge on any atom is 0.342 e. The van der Waals surface area contributed by atoms with Gasteiger partial charge in [0.2, 0.25) is 0 Å². The van der Waals surface area contributed by atoms with E-state index in [-0.39, 0.29) is 12.4 Å². The fraction of sp³-hybridized carbons (Fsp3) is 0.167. The second-order valence-corrected chi connectivity index (χ2v) is 3.54. The average Bonchev–Trinajstić information content (AvgIpc) is 2.81. The molecule has 0 aliphatic rings. The highest BCUT2D eigenvalue weighted by Gasteiger charge is 2.16. The van der Waals surface area contributed by atoms with Gasteiger partial charge in [-0.2, -0.15) is 5.10 Å². The lowest BCUT2D eigenvalue weighted by molar-refractivity contribution is 0.0686. The van der Waals surface area contributed by atoms with Crippen LogP contribution in [0.15, 0.2) is 36.7 Å². The van der Waals surface area contributed by atoms with Gasteiger partial charge in [-0.15, -0.1) is 0 Å². The Morgan fingerprint density at radius 1 is 1.44 bits per heavy atom. The molecule has 0 aliphatic heterocycles. The van der Waals surface area contributed by atoms with Gasteiger partial charge in [0.1, 0.15) is 23.7 Å². The van der Waals surface area contributed by atoms with Crippen molar-refractivity contribution in [2.24, 2.45) is 0 Å². The molecule has 0 unspecified atom stereocenters. The summed E-state index contributed by atoms with van der Waals surface area (Å²) in [6.07, 6.45) is 3.39. The highest BCUT2D eigenvalue weighted by molar-refractivity contribution is 5.91. The number of ether oxygens (including phenoxy) is 1. The predicted octanol–water partition coefficient (Wildman–Crippen LogP) is 1.80. The average molecular weight is 250 g/mol. The molecule has 2 aromatic rings. The minimum Gasteiger partial charge on any atom is -0.491 e. The zero-order chi connectivity index (χ0) is 13.0. The molecule has 0 atom stereocenters. The molecule has 0 aliphatic carbocycles. The number of benzene rings is 1. The predicted molar refractivity (Wildman–Crippen MR) is 61.1 cm³/mol. The monoisotopic (exact) mass is 250 g/mol. The van der Waals surface area contributed by atoms with Crippen molar-refractivity contribution >= 4 is 5.97 Å². The van der Waals surface area contributed by atoms with Gasteiger partial charge in [-0.25, -0.2) is 9.18 Å². The lowest BCUT2D eigenvalue weighted by Crippen LogP contribution is -2.11. The van der Waals surface area contributed by atoms with E-state index in [0.717, 1.165) is 6.07 Å². The fourth-order valence-corrected chi connectivity index (χ4v) is 1.51. The van der Waals surface area contributed by atoms with E-state index in [0.29, 0.717) is 6.54 Å². The zero-order valence-electron chi connectivity index (χ0n) is 9.41. The summed E-state index contributed by atoms with van der Waals surface area (Å²) < 4.78 is 20.2. The lowest BCUT2D eigenvalue weighted by atomic mass is 10.2. The number of carbonyl (C=O) groups is 1. The van der Waals surface area contributed by atoms with Gasteiger partial charge in [0.15, 0.2) is 0 Å². The van der Waals surface area contributed by atoms with E-state index in [9.17, 15) is 9.18 Å². The van der Waals surface area contributed by atoms with Crippen molar-refractivity contribution in [3.63, 3.8) is 0 Å². The summed E-state index contributed by atoms with van der Waals surface area (Å²) in [7, 11) is 0. The van der Waals surface area contributed by atoms with E-state index < -0.39 is 17.3 Å². The Bertz CT molecular complexity index is 540. The zero-order valence-corrected chi connectivity index (χ0v) is 9.41. The fourth-order valence-electron chi connectivity index (χ4n) is 1.51. The first-order valence-corrected chi connectivity index (χ1v) is 5.30. The molecule has 0 saturated carbocycles. The van der Waals surface area contributed by atoms with Crippen LogP contribution in [0.3, 0.4) is 0 Å². The Balaban J connectivity index is 2.05. The lowest BCUT2D eigenvalue weighted by Gasteiger charge is -2.09. The second kappa shape index (κ2) is 5.31. The summed E-state index contributed by atoms with van der Waals surface area (Å²) in [5.74, 6) is -2.13. The number of aromatic carboxylic acids is 1. The largest absolute Gasteiger partial charge is 0.491 e. The van der Waals surface area contributed by atoms with Crippen LogP contribution in [-0.4, -0.2) is 27.5 Å². The van der Waals surface area contributed by atoms with Crippen LogP contribution in [-0.2, 0) is 6.54 Å². The molecule has 0 radical (unpaired) electrons. The van der Waals surface area contributed by atoms with Crippen molar-refractivity contribution in [3.8, 4) is 5.75 Å². The second-order valence-electron chi connectivity index (χ2n) is 3.54. The van der Waals surface area contributed by atoms with E-state index in [1.54, 1.807) is 23.1 Å². The molecule has 0 bridgehead atoms. The Kier molecular flexibility index (Phi) is 3.57. The number of nitrogens with zero attached hydrogens (tertiary/aromatic N) is 2. The topological polar surface area (TPSA) is 64.3 Å². The van der Waals surface area contributed by atoms with E-state index in [4.69, 9.17) is 9.84 Å². The molecule has 0 amide bonds. The number of halogens is 1. The number of carboxylic acids is 1. The van der Waals surface area contributed by atoms with E-state index in [2.05, 4.69) is 5.10 Å². The third-order valence-electron chi connectivity index (χ3n) is 2.33. The van der Waals surface area contributed by atoms with E-state index in [1.807, 2.05) is 0 Å². The van der Waals surface area contributed by atoms with Crippen LogP contribution in [0.1, 0.15) is 10.4 Å². The van der Waals surface area contributed by atoms with Crippen LogP contribution in [0.5, 0.6) is 5.75 Å². The van der Waals surface area contributed by atoms with Gasteiger partial charge in [0.25, 0.3) is 0 Å². The van der Waals surface area contributed by atoms with Gasteiger partial charge in [-0.3, -0.25) is 4.68 Å². The maximum absolute atomic E-state index is 13.3. The highest BCUT2D eigenvalue weighted by Crippen LogP contribution is 2.21. The van der Waals surface area contributed by atoms with Crippen LogP contribution in [0.2, 0.25) is 0 Å². The van der Waals surface area contributed by atoms with Gasteiger partial charge >= 0.3 is 5.97 Å². The highest BCUT2D eigenvalue weighted by atomic mass is 19.1. The summed E-state index contributed by atoms with van der Waals surface area (Å²) in [6, 6.07) is 5.69. The first kappa shape index (κ1) is 12.1. The molecule has 5 nitrogen and oxygen atoms in total. The molecular weight excluding hydrogens is 239 g/mol. The summed E-state index contributed by atoms with van der Waals surface area (Å²) in [4.78, 5) is 10.9. The van der Waals surface area contributed by atoms with Crippen LogP contribution in [0.4, 0.5) is 4.39 Å². The van der Waals surface area contributed by atoms with Crippen molar-refractivity contribution in [3.05, 3.63) is 48.0 Å². The molecule has 1 aromatic carbocycles. The molecule has 0 saturated heterocycles. The molecule has 0 fully saturated rings. The molecular formula is C12H11FN2O3.